The number of aliphatic hydroxyl groups is 1. The second-order valence-corrected chi connectivity index (χ2v) is 13.6. The van der Waals surface area contributed by atoms with Gasteiger partial charge in [-0.25, -0.2) is 14.4 Å². The van der Waals surface area contributed by atoms with Crippen LogP contribution in [0, 0.1) is 0 Å². The van der Waals surface area contributed by atoms with Gasteiger partial charge in [0.25, 0.3) is 5.91 Å². The van der Waals surface area contributed by atoms with Gasteiger partial charge in [0.2, 0.25) is 0 Å². The molecule has 0 aliphatic carbocycles. The van der Waals surface area contributed by atoms with E-state index in [1.165, 1.54) is 16.0 Å². The van der Waals surface area contributed by atoms with E-state index in [0.717, 1.165) is 55.8 Å². The summed E-state index contributed by atoms with van der Waals surface area (Å²) in [6, 6.07) is 8.94. The average molecular weight is 684 g/mol. The molecule has 2 atom stereocenters. The van der Waals surface area contributed by atoms with Gasteiger partial charge in [0.15, 0.2) is 11.2 Å². The first-order valence-electron chi connectivity index (χ1n) is 15.2. The number of halogens is 3. The van der Waals surface area contributed by atoms with E-state index < -0.39 is 18.1 Å². The van der Waals surface area contributed by atoms with Gasteiger partial charge in [0.1, 0.15) is 11.7 Å². The van der Waals surface area contributed by atoms with Crippen molar-refractivity contribution in [2.45, 2.75) is 44.1 Å². The SMILES string of the molecule is CN(CCN1CCC(O)CC1)c1ccc(-c2cc(Cl)c3cn(C(C(=O)Nc4nccs4)c4ncn5c4C[C@@H](F)C5)nc3c2Cl)cc1. The molecule has 3 aromatic heterocycles. The summed E-state index contributed by atoms with van der Waals surface area (Å²) in [5, 5.41) is 21.0. The van der Waals surface area contributed by atoms with Crippen molar-refractivity contribution in [2.75, 3.05) is 43.4 Å². The van der Waals surface area contributed by atoms with Crippen molar-refractivity contribution in [2.24, 2.45) is 0 Å². The van der Waals surface area contributed by atoms with Crippen LogP contribution in [0.15, 0.2) is 54.4 Å². The number of nitrogens with one attached hydrogen (secondary N) is 1. The third-order valence-electron chi connectivity index (χ3n) is 8.86. The largest absolute Gasteiger partial charge is 0.393 e. The van der Waals surface area contributed by atoms with Gasteiger partial charge in [0.05, 0.1) is 34.7 Å². The lowest BCUT2D eigenvalue weighted by molar-refractivity contribution is -0.118. The van der Waals surface area contributed by atoms with Crippen LogP contribution < -0.4 is 10.2 Å². The number of amides is 1. The number of alkyl halides is 1. The minimum Gasteiger partial charge on any atom is -0.393 e. The van der Waals surface area contributed by atoms with E-state index >= 15 is 0 Å². The van der Waals surface area contributed by atoms with Crippen molar-refractivity contribution in [3.8, 4) is 11.1 Å². The van der Waals surface area contributed by atoms with Gasteiger partial charge < -0.3 is 19.5 Å². The highest BCUT2D eigenvalue weighted by Crippen LogP contribution is 2.40. The zero-order valence-electron chi connectivity index (χ0n) is 25.1. The first kappa shape index (κ1) is 31.1. The Bertz CT molecular complexity index is 1850. The van der Waals surface area contributed by atoms with E-state index in [0.29, 0.717) is 37.5 Å². The standard InChI is InChI=1S/C32H33Cl2FN8O2S/c1-40(11-12-41-9-6-22(44)7-10-41)21-4-2-19(3-5-21)23-15-25(33)24-17-43(39-28(24)27(23)34)30(31(45)38-32-36-8-13-46-32)29-26-14-20(35)16-42(26)18-37-29/h2-5,8,13,15,17-18,20,22,30,44H,6-7,9-12,14,16H2,1H3,(H,36,38,45)/t20-,30?/m1/s1. The molecule has 10 nitrogen and oxygen atoms in total. The summed E-state index contributed by atoms with van der Waals surface area (Å²) in [6.45, 7) is 3.85. The van der Waals surface area contributed by atoms with E-state index in [4.69, 9.17) is 28.3 Å². The number of benzene rings is 2. The number of thiazole rings is 1. The maximum absolute atomic E-state index is 14.4. The third-order valence-corrected chi connectivity index (χ3v) is 10.2. The third kappa shape index (κ3) is 6.12. The summed E-state index contributed by atoms with van der Waals surface area (Å²) in [7, 11) is 2.07. The van der Waals surface area contributed by atoms with E-state index in [1.54, 1.807) is 28.7 Å². The summed E-state index contributed by atoms with van der Waals surface area (Å²) < 4.78 is 17.6. The molecular weight excluding hydrogens is 650 g/mol. The van der Waals surface area contributed by atoms with Crippen molar-refractivity contribution in [1.29, 1.82) is 0 Å². The van der Waals surface area contributed by atoms with Crippen LogP contribution in [0.2, 0.25) is 10.0 Å². The number of fused-ring (bicyclic) bond motifs is 2. The number of aliphatic hydroxyl groups excluding tert-OH is 1. The second-order valence-electron chi connectivity index (χ2n) is 11.9. The van der Waals surface area contributed by atoms with Gasteiger partial charge in [-0.05, 0) is 36.6 Å². The molecule has 14 heteroatoms. The Morgan fingerprint density at radius 2 is 2.00 bits per heavy atom. The normalized spacial score (nSPS) is 17.8. The quantitative estimate of drug-likeness (QED) is 0.206. The lowest BCUT2D eigenvalue weighted by Crippen LogP contribution is -2.40. The van der Waals surface area contributed by atoms with Crippen molar-refractivity contribution in [1.82, 2.24) is 29.2 Å². The molecule has 2 aliphatic rings. The Labute approximate surface area is 279 Å². The molecule has 0 saturated carbocycles. The van der Waals surface area contributed by atoms with E-state index in [2.05, 4.69) is 44.3 Å². The van der Waals surface area contributed by atoms with Crippen LogP contribution in [0.3, 0.4) is 0 Å². The maximum atomic E-state index is 14.4. The van der Waals surface area contributed by atoms with Gasteiger partial charge in [-0.2, -0.15) is 5.10 Å². The van der Waals surface area contributed by atoms with Crippen LogP contribution in [0.4, 0.5) is 15.2 Å². The fraction of sp³-hybridized carbons (Fsp3) is 0.375. The van der Waals surface area contributed by atoms with Crippen molar-refractivity contribution < 1.29 is 14.3 Å². The number of likely N-dealkylation sites (tertiary alicyclic amines) is 1. The Morgan fingerprint density at radius 3 is 2.74 bits per heavy atom. The number of carbonyl (C=O) groups is 1. The number of nitrogens with zero attached hydrogens (tertiary/aromatic N) is 7. The van der Waals surface area contributed by atoms with Crippen molar-refractivity contribution in [3.63, 3.8) is 0 Å². The Balaban J connectivity index is 1.17. The monoisotopic (exact) mass is 682 g/mol. The van der Waals surface area contributed by atoms with E-state index in [-0.39, 0.29) is 19.1 Å². The first-order valence-corrected chi connectivity index (χ1v) is 16.9. The first-order chi connectivity index (χ1) is 22.2. The predicted octanol–water partition coefficient (Wildman–Crippen LogP) is 5.68. The van der Waals surface area contributed by atoms with Crippen LogP contribution >= 0.6 is 34.5 Å². The number of rotatable bonds is 9. The number of anilines is 2. The van der Waals surface area contributed by atoms with Crippen LogP contribution in [0.5, 0.6) is 0 Å². The topological polar surface area (TPSA) is 104 Å². The molecule has 240 valence electrons. The molecule has 2 N–H and O–H groups in total. The molecule has 0 spiro atoms. The molecular formula is C32H33Cl2FN8O2S. The number of hydrogen-bond donors (Lipinski definition) is 2. The summed E-state index contributed by atoms with van der Waals surface area (Å²) in [5.41, 5.74) is 4.20. The molecule has 0 radical (unpaired) electrons. The van der Waals surface area contributed by atoms with Crippen molar-refractivity contribution >= 4 is 62.2 Å². The Kier molecular flexibility index (Phi) is 8.73. The van der Waals surface area contributed by atoms with Crippen LogP contribution in [-0.2, 0) is 17.8 Å². The molecule has 5 heterocycles. The van der Waals surface area contributed by atoms with Crippen LogP contribution in [0.25, 0.3) is 22.0 Å². The highest BCUT2D eigenvalue weighted by atomic mass is 35.5. The molecule has 2 aliphatic heterocycles. The maximum Gasteiger partial charge on any atom is 0.257 e. The van der Waals surface area contributed by atoms with Crippen LogP contribution in [-0.4, -0.2) is 85.7 Å². The summed E-state index contributed by atoms with van der Waals surface area (Å²) in [6.07, 6.45) is 5.46. The lowest BCUT2D eigenvalue weighted by Gasteiger charge is -2.31. The van der Waals surface area contributed by atoms with Crippen molar-refractivity contribution in [3.05, 3.63) is 75.9 Å². The van der Waals surface area contributed by atoms with E-state index in [9.17, 15) is 14.3 Å². The minimum absolute atomic E-state index is 0.163. The lowest BCUT2D eigenvalue weighted by atomic mass is 10.0. The molecule has 7 rings (SSSR count). The number of piperidine rings is 1. The Morgan fingerprint density at radius 1 is 1.22 bits per heavy atom. The molecule has 1 fully saturated rings. The summed E-state index contributed by atoms with van der Waals surface area (Å²) in [4.78, 5) is 27.0. The van der Waals surface area contributed by atoms with Gasteiger partial charge in [0, 0.05) is 79.8 Å². The fourth-order valence-corrected chi connectivity index (χ4v) is 7.35. The molecule has 1 saturated heterocycles. The van der Waals surface area contributed by atoms with Crippen LogP contribution in [0.1, 0.15) is 30.3 Å². The minimum atomic E-state index is -1.04. The average Bonchev–Trinajstić information content (AvgIpc) is 3.86. The number of likely N-dealkylation sites (N-methyl/N-ethyl adjacent to an activating group) is 1. The number of carbonyl (C=O) groups excluding carboxylic acids is 1. The number of hydrogen-bond acceptors (Lipinski definition) is 8. The smallest absolute Gasteiger partial charge is 0.257 e. The fourth-order valence-electron chi connectivity index (χ4n) is 6.27. The zero-order chi connectivity index (χ0) is 31.9. The molecule has 1 amide bonds. The summed E-state index contributed by atoms with van der Waals surface area (Å²) >= 11 is 15.1. The summed E-state index contributed by atoms with van der Waals surface area (Å²) in [5.74, 6) is -0.406. The predicted molar refractivity (Wildman–Crippen MR) is 180 cm³/mol. The highest BCUT2D eigenvalue weighted by molar-refractivity contribution is 7.13. The number of aromatic nitrogens is 5. The van der Waals surface area contributed by atoms with Gasteiger partial charge in [-0.1, -0.05) is 35.3 Å². The number of imidazole rings is 1. The highest BCUT2D eigenvalue weighted by Gasteiger charge is 2.34. The van der Waals surface area contributed by atoms with Gasteiger partial charge in [-0.3, -0.25) is 14.8 Å². The van der Waals surface area contributed by atoms with Gasteiger partial charge in [-0.15, -0.1) is 11.3 Å². The molecule has 46 heavy (non-hydrogen) atoms. The molecule has 2 aromatic carbocycles. The molecule has 0 bridgehead atoms. The Hall–Kier alpha value is -3.55. The zero-order valence-corrected chi connectivity index (χ0v) is 27.4. The molecule has 1 unspecified atom stereocenters. The second kappa shape index (κ2) is 12.9. The molecule has 5 aromatic rings. The van der Waals surface area contributed by atoms with E-state index in [1.807, 2.05) is 18.2 Å². The van der Waals surface area contributed by atoms with Gasteiger partial charge >= 0.3 is 0 Å².